The zero-order valence-electron chi connectivity index (χ0n) is 14.7. The van der Waals surface area contributed by atoms with Crippen molar-refractivity contribution in [2.24, 2.45) is 5.92 Å². The zero-order valence-corrected chi connectivity index (χ0v) is 14.7. The number of hydrogen-bond acceptors (Lipinski definition) is 4. The minimum absolute atomic E-state index is 0.197. The van der Waals surface area contributed by atoms with Crippen LogP contribution in [0.4, 0.5) is 5.69 Å². The monoisotopic (exact) mass is 346 g/mol. The second kappa shape index (κ2) is 9.81. The molecule has 0 heterocycles. The first-order chi connectivity index (χ1) is 12.1. The molecule has 0 atom stereocenters. The van der Waals surface area contributed by atoms with Gasteiger partial charge < -0.3 is 15.4 Å². The molecule has 0 unspecified atom stereocenters. The Balaban J connectivity index is 1.73. The molecule has 0 aliphatic heterocycles. The van der Waals surface area contributed by atoms with Crippen LogP contribution in [0.1, 0.15) is 55.8 Å². The molecule has 1 fully saturated rings. The van der Waals surface area contributed by atoms with E-state index in [0.717, 1.165) is 6.42 Å². The molecule has 6 nitrogen and oxygen atoms in total. The average Bonchev–Trinajstić information content (AvgIpc) is 3.12. The van der Waals surface area contributed by atoms with Crippen LogP contribution in [0.3, 0.4) is 0 Å². The van der Waals surface area contributed by atoms with Gasteiger partial charge in [-0.3, -0.25) is 14.4 Å². The molecule has 2 amide bonds. The fourth-order valence-electron chi connectivity index (χ4n) is 3.04. The van der Waals surface area contributed by atoms with Crippen LogP contribution in [0.5, 0.6) is 0 Å². The molecule has 2 N–H and O–H groups in total. The number of nitrogens with one attached hydrogen (secondary N) is 2. The molecule has 2 rings (SSSR count). The zero-order chi connectivity index (χ0) is 18.1. The van der Waals surface area contributed by atoms with Crippen molar-refractivity contribution in [2.75, 3.05) is 18.5 Å². The molecule has 0 spiro atoms. The Hall–Kier alpha value is -2.37. The maximum Gasteiger partial charge on any atom is 0.306 e. The third kappa shape index (κ3) is 6.57. The minimum Gasteiger partial charge on any atom is -0.456 e. The van der Waals surface area contributed by atoms with Crippen molar-refractivity contribution in [3.63, 3.8) is 0 Å². The Morgan fingerprint density at radius 2 is 1.96 bits per heavy atom. The number of hydrogen-bond donors (Lipinski definition) is 2. The van der Waals surface area contributed by atoms with Crippen LogP contribution in [0, 0.1) is 5.92 Å². The van der Waals surface area contributed by atoms with E-state index in [1.165, 1.54) is 25.7 Å². The van der Waals surface area contributed by atoms with E-state index >= 15 is 0 Å². The van der Waals surface area contributed by atoms with Gasteiger partial charge in [0.2, 0.25) is 0 Å². The molecule has 1 saturated carbocycles. The number of anilines is 1. The van der Waals surface area contributed by atoms with Crippen LogP contribution >= 0.6 is 0 Å². The van der Waals surface area contributed by atoms with Gasteiger partial charge in [-0.2, -0.15) is 0 Å². The smallest absolute Gasteiger partial charge is 0.306 e. The highest BCUT2D eigenvalue weighted by Crippen LogP contribution is 2.28. The van der Waals surface area contributed by atoms with Crippen molar-refractivity contribution < 1.29 is 19.1 Å². The quantitative estimate of drug-likeness (QED) is 0.709. The summed E-state index contributed by atoms with van der Waals surface area (Å²) < 4.78 is 5.02. The number of esters is 1. The predicted octanol–water partition coefficient (Wildman–Crippen LogP) is 2.89. The van der Waals surface area contributed by atoms with Gasteiger partial charge in [0.15, 0.2) is 6.61 Å². The van der Waals surface area contributed by atoms with Gasteiger partial charge in [-0.05, 0) is 37.5 Å². The van der Waals surface area contributed by atoms with Gasteiger partial charge in [-0.15, -0.1) is 0 Å². The Morgan fingerprint density at radius 1 is 1.20 bits per heavy atom. The van der Waals surface area contributed by atoms with E-state index in [0.29, 0.717) is 30.1 Å². The Bertz CT molecular complexity index is 609. The molecule has 1 aliphatic rings. The molecular formula is C19H26N2O4. The van der Waals surface area contributed by atoms with E-state index < -0.39 is 5.91 Å². The molecule has 0 radical (unpaired) electrons. The number of rotatable bonds is 8. The normalized spacial score (nSPS) is 14.1. The van der Waals surface area contributed by atoms with Gasteiger partial charge in [0, 0.05) is 24.2 Å². The van der Waals surface area contributed by atoms with Gasteiger partial charge in [-0.1, -0.05) is 31.7 Å². The molecule has 6 heteroatoms. The second-order valence-corrected chi connectivity index (χ2v) is 6.34. The highest BCUT2D eigenvalue weighted by molar-refractivity contribution is 5.97. The molecule has 1 aliphatic carbocycles. The lowest BCUT2D eigenvalue weighted by molar-refractivity contribution is -0.147. The molecule has 0 saturated heterocycles. The fraction of sp³-hybridized carbons (Fsp3) is 0.526. The summed E-state index contributed by atoms with van der Waals surface area (Å²) in [5.74, 6) is -0.323. The molecule has 1 aromatic carbocycles. The molecule has 136 valence electrons. The number of amides is 2. The lowest BCUT2D eigenvalue weighted by Gasteiger charge is -2.10. The fourth-order valence-corrected chi connectivity index (χ4v) is 3.04. The van der Waals surface area contributed by atoms with Crippen molar-refractivity contribution in [1.82, 2.24) is 5.32 Å². The van der Waals surface area contributed by atoms with E-state index in [9.17, 15) is 14.4 Å². The van der Waals surface area contributed by atoms with Crippen LogP contribution < -0.4 is 10.6 Å². The number of carbonyl (C=O) groups is 3. The van der Waals surface area contributed by atoms with Crippen LogP contribution in [-0.4, -0.2) is 30.9 Å². The summed E-state index contributed by atoms with van der Waals surface area (Å²) in [5, 5.41) is 5.33. The topological polar surface area (TPSA) is 84.5 Å². The molecule has 0 bridgehead atoms. The largest absolute Gasteiger partial charge is 0.456 e. The lowest BCUT2D eigenvalue weighted by Crippen LogP contribution is -2.23. The minimum atomic E-state index is -0.415. The average molecular weight is 346 g/mol. The van der Waals surface area contributed by atoms with E-state index in [2.05, 4.69) is 10.6 Å². The number of ether oxygens (including phenoxy) is 1. The summed E-state index contributed by atoms with van der Waals surface area (Å²) in [6.07, 6.45) is 6.08. The van der Waals surface area contributed by atoms with E-state index in [1.54, 1.807) is 24.3 Å². The molecular weight excluding hydrogens is 320 g/mol. The van der Waals surface area contributed by atoms with Crippen LogP contribution in [0.2, 0.25) is 0 Å². The first-order valence-electron chi connectivity index (χ1n) is 8.92. The highest BCUT2D eigenvalue weighted by Gasteiger charge is 2.17. The summed E-state index contributed by atoms with van der Waals surface area (Å²) in [5.41, 5.74) is 0.962. The van der Waals surface area contributed by atoms with Crippen molar-refractivity contribution in [3.8, 4) is 0 Å². The van der Waals surface area contributed by atoms with Gasteiger partial charge >= 0.3 is 5.97 Å². The Kier molecular flexibility index (Phi) is 7.44. The number of benzene rings is 1. The van der Waals surface area contributed by atoms with Crippen molar-refractivity contribution in [3.05, 3.63) is 29.8 Å². The van der Waals surface area contributed by atoms with Crippen LogP contribution in [-0.2, 0) is 14.3 Å². The van der Waals surface area contributed by atoms with Gasteiger partial charge in [0.05, 0.1) is 0 Å². The van der Waals surface area contributed by atoms with Gasteiger partial charge in [0.25, 0.3) is 11.8 Å². The van der Waals surface area contributed by atoms with Gasteiger partial charge in [-0.25, -0.2) is 0 Å². The first kappa shape index (κ1) is 19.0. The SMILES string of the molecule is CCNC(=O)c1cccc(NC(=O)COC(=O)CCC2CCCC2)c1. The summed E-state index contributed by atoms with van der Waals surface area (Å²) in [7, 11) is 0. The van der Waals surface area contributed by atoms with Crippen LogP contribution in [0.25, 0.3) is 0 Å². The third-order valence-electron chi connectivity index (χ3n) is 4.34. The molecule has 1 aromatic rings. The summed E-state index contributed by atoms with van der Waals surface area (Å²) in [4.78, 5) is 35.4. The summed E-state index contributed by atoms with van der Waals surface area (Å²) >= 11 is 0. The van der Waals surface area contributed by atoms with Crippen molar-refractivity contribution in [2.45, 2.75) is 45.4 Å². The maximum atomic E-state index is 11.9. The number of carbonyl (C=O) groups excluding carboxylic acids is 3. The van der Waals surface area contributed by atoms with E-state index in [1.807, 2.05) is 6.92 Å². The first-order valence-corrected chi connectivity index (χ1v) is 8.92. The Morgan fingerprint density at radius 3 is 2.68 bits per heavy atom. The second-order valence-electron chi connectivity index (χ2n) is 6.34. The third-order valence-corrected chi connectivity index (χ3v) is 4.34. The Labute approximate surface area is 148 Å². The van der Waals surface area contributed by atoms with E-state index in [4.69, 9.17) is 4.74 Å². The highest BCUT2D eigenvalue weighted by atomic mass is 16.5. The lowest BCUT2D eigenvalue weighted by atomic mass is 10.0. The maximum absolute atomic E-state index is 11.9. The van der Waals surface area contributed by atoms with Crippen molar-refractivity contribution >= 4 is 23.5 Å². The van der Waals surface area contributed by atoms with Crippen molar-refractivity contribution in [1.29, 1.82) is 0 Å². The summed E-state index contributed by atoms with van der Waals surface area (Å²) in [6.45, 7) is 2.06. The molecule has 25 heavy (non-hydrogen) atoms. The van der Waals surface area contributed by atoms with Gasteiger partial charge in [0.1, 0.15) is 0 Å². The standard InChI is InChI=1S/C19H26N2O4/c1-2-20-19(24)15-8-5-9-16(12-15)21-17(22)13-25-18(23)11-10-14-6-3-4-7-14/h5,8-9,12,14H,2-4,6-7,10-11,13H2,1H3,(H,20,24)(H,21,22). The van der Waals surface area contributed by atoms with E-state index in [-0.39, 0.29) is 18.5 Å². The summed E-state index contributed by atoms with van der Waals surface area (Å²) in [6, 6.07) is 6.63. The predicted molar refractivity (Wildman–Crippen MR) is 95.2 cm³/mol. The van der Waals surface area contributed by atoms with Crippen LogP contribution in [0.15, 0.2) is 24.3 Å². The molecule has 0 aromatic heterocycles.